The molecule has 1 N–H and O–H groups in total. The van der Waals surface area contributed by atoms with E-state index in [1.165, 1.54) is 0 Å². The van der Waals surface area contributed by atoms with E-state index < -0.39 is 0 Å². The van der Waals surface area contributed by atoms with E-state index in [0.29, 0.717) is 0 Å². The Balaban J connectivity index is 1.37. The second kappa shape index (κ2) is 5.83. The number of hydrogen-bond donors (Lipinski definition) is 1. The molecule has 3 heterocycles. The molecule has 0 unspecified atom stereocenters. The van der Waals surface area contributed by atoms with E-state index in [9.17, 15) is 0 Å². The van der Waals surface area contributed by atoms with Crippen molar-refractivity contribution in [3.63, 3.8) is 0 Å². The van der Waals surface area contributed by atoms with Crippen molar-refractivity contribution < 1.29 is 9.47 Å². The van der Waals surface area contributed by atoms with Gasteiger partial charge in [0.2, 0.25) is 0 Å². The summed E-state index contributed by atoms with van der Waals surface area (Å²) in [5.41, 5.74) is 2.28. The summed E-state index contributed by atoms with van der Waals surface area (Å²) in [4.78, 5) is 10.3. The zero-order valence-electron chi connectivity index (χ0n) is 12.6. The van der Waals surface area contributed by atoms with Crippen LogP contribution in [0.25, 0.3) is 11.4 Å². The maximum Gasteiger partial charge on any atom is 0.170 e. The topological polar surface area (TPSA) is 50.4 Å². The van der Waals surface area contributed by atoms with Gasteiger partial charge in [0.15, 0.2) is 5.79 Å². The van der Waals surface area contributed by atoms with Crippen LogP contribution in [-0.2, 0) is 16.0 Å². The van der Waals surface area contributed by atoms with Crippen LogP contribution in [0.1, 0.15) is 18.5 Å². The van der Waals surface area contributed by atoms with E-state index in [1.807, 2.05) is 24.4 Å². The van der Waals surface area contributed by atoms with Gasteiger partial charge in [0, 0.05) is 49.9 Å². The number of ether oxygens (including phenoxy) is 2. The van der Waals surface area contributed by atoms with Gasteiger partial charge in [-0.2, -0.15) is 0 Å². The molecule has 0 aliphatic carbocycles. The fourth-order valence-corrected chi connectivity index (χ4v) is 3.26. The van der Waals surface area contributed by atoms with Gasteiger partial charge in [-0.1, -0.05) is 30.3 Å². The third-order valence-electron chi connectivity index (χ3n) is 4.50. The van der Waals surface area contributed by atoms with Crippen LogP contribution in [0.15, 0.2) is 36.5 Å². The zero-order chi connectivity index (χ0) is 14.8. The van der Waals surface area contributed by atoms with Crippen molar-refractivity contribution in [2.24, 2.45) is 0 Å². The number of likely N-dealkylation sites (tertiary alicyclic amines) is 1. The third kappa shape index (κ3) is 2.79. The highest BCUT2D eigenvalue weighted by Gasteiger charge is 2.39. The molecule has 5 nitrogen and oxygen atoms in total. The maximum absolute atomic E-state index is 5.77. The molecule has 1 spiro atoms. The Morgan fingerprint density at radius 1 is 1.09 bits per heavy atom. The SMILES string of the molecule is c1ccc(-c2ncc(CN3CCC4(CC3)OCCO4)[nH]2)cc1. The molecule has 22 heavy (non-hydrogen) atoms. The summed E-state index contributed by atoms with van der Waals surface area (Å²) in [5, 5.41) is 0. The molecule has 1 aromatic heterocycles. The molecule has 0 amide bonds. The number of imidazole rings is 1. The van der Waals surface area contributed by atoms with Gasteiger partial charge in [0.25, 0.3) is 0 Å². The van der Waals surface area contributed by atoms with Crippen LogP contribution in [0.4, 0.5) is 0 Å². The maximum atomic E-state index is 5.77. The van der Waals surface area contributed by atoms with E-state index in [-0.39, 0.29) is 5.79 Å². The molecule has 116 valence electrons. The van der Waals surface area contributed by atoms with Crippen molar-refractivity contribution in [3.05, 3.63) is 42.2 Å². The third-order valence-corrected chi connectivity index (χ3v) is 4.50. The summed E-state index contributed by atoms with van der Waals surface area (Å²) in [5.74, 6) is 0.645. The van der Waals surface area contributed by atoms with Crippen molar-refractivity contribution >= 4 is 0 Å². The molecule has 2 aromatic rings. The molecule has 0 bridgehead atoms. The second-order valence-corrected chi connectivity index (χ2v) is 6.01. The molecule has 0 atom stereocenters. The largest absolute Gasteiger partial charge is 0.347 e. The Kier molecular flexibility index (Phi) is 3.70. The Morgan fingerprint density at radius 2 is 1.82 bits per heavy atom. The molecule has 2 aliphatic rings. The van der Waals surface area contributed by atoms with Gasteiger partial charge in [-0.05, 0) is 0 Å². The lowest BCUT2D eigenvalue weighted by Crippen LogP contribution is -2.44. The number of aromatic amines is 1. The summed E-state index contributed by atoms with van der Waals surface area (Å²) in [7, 11) is 0. The molecule has 0 saturated carbocycles. The van der Waals surface area contributed by atoms with Gasteiger partial charge in [-0.25, -0.2) is 4.98 Å². The molecule has 5 heteroatoms. The standard InChI is InChI=1S/C17H21N3O2/c1-2-4-14(5-3-1)16-18-12-15(19-16)13-20-8-6-17(7-9-20)21-10-11-22-17/h1-5,12H,6-11,13H2,(H,18,19). The predicted octanol–water partition coefficient (Wildman–Crippen LogP) is 2.42. The van der Waals surface area contributed by atoms with Crippen molar-refractivity contribution in [3.8, 4) is 11.4 Å². The van der Waals surface area contributed by atoms with Crippen molar-refractivity contribution in [2.75, 3.05) is 26.3 Å². The van der Waals surface area contributed by atoms with Crippen LogP contribution < -0.4 is 0 Å². The van der Waals surface area contributed by atoms with Crippen LogP contribution in [0.3, 0.4) is 0 Å². The summed E-state index contributed by atoms with van der Waals surface area (Å²) >= 11 is 0. The molecular weight excluding hydrogens is 278 g/mol. The number of nitrogens with one attached hydrogen (secondary N) is 1. The minimum absolute atomic E-state index is 0.292. The summed E-state index contributed by atoms with van der Waals surface area (Å²) < 4.78 is 11.5. The Bertz CT molecular complexity index is 610. The number of rotatable bonds is 3. The molecule has 1 aromatic carbocycles. The summed E-state index contributed by atoms with van der Waals surface area (Å²) in [6.07, 6.45) is 3.84. The van der Waals surface area contributed by atoms with Gasteiger partial charge in [-0.3, -0.25) is 4.90 Å². The van der Waals surface area contributed by atoms with Gasteiger partial charge >= 0.3 is 0 Å². The average molecular weight is 299 g/mol. The van der Waals surface area contributed by atoms with E-state index in [2.05, 4.69) is 27.0 Å². The van der Waals surface area contributed by atoms with E-state index in [0.717, 1.165) is 62.8 Å². The molecule has 2 aliphatic heterocycles. The highest BCUT2D eigenvalue weighted by atomic mass is 16.7. The molecule has 4 rings (SSSR count). The van der Waals surface area contributed by atoms with Crippen LogP contribution in [0.2, 0.25) is 0 Å². The fourth-order valence-electron chi connectivity index (χ4n) is 3.26. The van der Waals surface area contributed by atoms with Gasteiger partial charge in [0.05, 0.1) is 13.2 Å². The Labute approximate surface area is 130 Å². The lowest BCUT2D eigenvalue weighted by Gasteiger charge is -2.37. The number of piperidine rings is 1. The van der Waals surface area contributed by atoms with Crippen LogP contribution in [0, 0.1) is 0 Å². The lowest BCUT2D eigenvalue weighted by atomic mass is 10.0. The second-order valence-electron chi connectivity index (χ2n) is 6.01. The number of aromatic nitrogens is 2. The molecule has 0 radical (unpaired) electrons. The Morgan fingerprint density at radius 3 is 2.55 bits per heavy atom. The number of benzene rings is 1. The predicted molar refractivity (Wildman–Crippen MR) is 83.2 cm³/mol. The van der Waals surface area contributed by atoms with Gasteiger partial charge in [0.1, 0.15) is 5.82 Å². The minimum Gasteiger partial charge on any atom is -0.347 e. The number of hydrogen-bond acceptors (Lipinski definition) is 4. The highest BCUT2D eigenvalue weighted by Crippen LogP contribution is 2.31. The van der Waals surface area contributed by atoms with Crippen molar-refractivity contribution in [1.29, 1.82) is 0 Å². The molecule has 2 saturated heterocycles. The van der Waals surface area contributed by atoms with Crippen molar-refractivity contribution in [2.45, 2.75) is 25.2 Å². The fraction of sp³-hybridized carbons (Fsp3) is 0.471. The smallest absolute Gasteiger partial charge is 0.170 e. The number of H-pyrrole nitrogens is 1. The normalized spacial score (nSPS) is 21.5. The van der Waals surface area contributed by atoms with Crippen molar-refractivity contribution in [1.82, 2.24) is 14.9 Å². The van der Waals surface area contributed by atoms with Crippen LogP contribution >= 0.6 is 0 Å². The van der Waals surface area contributed by atoms with E-state index in [4.69, 9.17) is 9.47 Å². The van der Waals surface area contributed by atoms with E-state index >= 15 is 0 Å². The lowest BCUT2D eigenvalue weighted by molar-refractivity contribution is -0.185. The summed E-state index contributed by atoms with van der Waals surface area (Å²) in [6.45, 7) is 4.37. The van der Waals surface area contributed by atoms with E-state index in [1.54, 1.807) is 0 Å². The zero-order valence-corrected chi connectivity index (χ0v) is 12.6. The first-order valence-corrected chi connectivity index (χ1v) is 7.93. The monoisotopic (exact) mass is 299 g/mol. The first kappa shape index (κ1) is 13.9. The van der Waals surface area contributed by atoms with Crippen LogP contribution in [0.5, 0.6) is 0 Å². The minimum atomic E-state index is -0.292. The quantitative estimate of drug-likeness (QED) is 0.945. The highest BCUT2D eigenvalue weighted by molar-refractivity contribution is 5.54. The molecular formula is C17H21N3O2. The average Bonchev–Trinajstić information content (AvgIpc) is 3.21. The Hall–Kier alpha value is -1.69. The van der Waals surface area contributed by atoms with Crippen LogP contribution in [-0.4, -0.2) is 47.0 Å². The first-order chi connectivity index (χ1) is 10.8. The molecule has 2 fully saturated rings. The van der Waals surface area contributed by atoms with Gasteiger partial charge < -0.3 is 14.5 Å². The van der Waals surface area contributed by atoms with Gasteiger partial charge in [-0.15, -0.1) is 0 Å². The first-order valence-electron chi connectivity index (χ1n) is 7.93. The summed E-state index contributed by atoms with van der Waals surface area (Å²) in [6, 6.07) is 10.2. The number of nitrogens with zero attached hydrogens (tertiary/aromatic N) is 2.